The predicted molar refractivity (Wildman–Crippen MR) is 132 cm³/mol. The fourth-order valence-corrected chi connectivity index (χ4v) is 5.23. The molecule has 1 aliphatic heterocycles. The number of benzene rings is 2. The summed E-state index contributed by atoms with van der Waals surface area (Å²) in [6, 6.07) is 15.8. The van der Waals surface area contributed by atoms with Crippen molar-refractivity contribution in [2.45, 2.75) is 64.5 Å². The molecule has 4 rings (SSSR count). The van der Waals surface area contributed by atoms with Crippen LogP contribution in [-0.4, -0.2) is 36.0 Å². The molecule has 2 fully saturated rings. The molecule has 1 saturated carbocycles. The van der Waals surface area contributed by atoms with E-state index in [0.717, 1.165) is 31.2 Å². The Bertz CT molecular complexity index is 973. The van der Waals surface area contributed by atoms with Gasteiger partial charge in [0.25, 0.3) is 0 Å². The third-order valence-electron chi connectivity index (χ3n) is 7.41. The van der Waals surface area contributed by atoms with Crippen LogP contribution in [0.3, 0.4) is 0 Å². The predicted octanol–water partition coefficient (Wildman–Crippen LogP) is 4.97. The van der Waals surface area contributed by atoms with Crippen molar-refractivity contribution >= 4 is 11.9 Å². The summed E-state index contributed by atoms with van der Waals surface area (Å²) in [6.07, 6.45) is 6.86. The third-order valence-corrected chi connectivity index (χ3v) is 7.41. The number of nitrogens with zero attached hydrogens (tertiary/aromatic N) is 1. The fraction of sp³-hybridized carbons (Fsp3) is 0.500. The number of aryl methyl sites for hydroxylation is 1. The Labute approximate surface area is 202 Å². The molecule has 3 amide bonds. The minimum absolute atomic E-state index is 0.000972. The van der Waals surface area contributed by atoms with Crippen LogP contribution < -0.4 is 10.6 Å². The van der Waals surface area contributed by atoms with E-state index in [4.69, 9.17) is 0 Å². The van der Waals surface area contributed by atoms with Gasteiger partial charge in [0.2, 0.25) is 5.91 Å². The number of halogens is 1. The van der Waals surface area contributed by atoms with Crippen LogP contribution >= 0.6 is 0 Å². The van der Waals surface area contributed by atoms with Crippen LogP contribution in [0, 0.1) is 24.6 Å². The molecule has 0 spiro atoms. The molecule has 1 aliphatic carbocycles. The summed E-state index contributed by atoms with van der Waals surface area (Å²) in [5, 5.41) is 6.24. The van der Waals surface area contributed by atoms with Crippen molar-refractivity contribution in [3.05, 3.63) is 71.0 Å². The Morgan fingerprint density at radius 3 is 2.44 bits per heavy atom. The third kappa shape index (κ3) is 6.37. The van der Waals surface area contributed by atoms with Gasteiger partial charge in [-0.05, 0) is 67.7 Å². The van der Waals surface area contributed by atoms with Crippen LogP contribution in [0.5, 0.6) is 0 Å². The second-order valence-corrected chi connectivity index (χ2v) is 9.85. The average molecular weight is 466 g/mol. The van der Waals surface area contributed by atoms with Crippen LogP contribution in [0.15, 0.2) is 48.5 Å². The lowest BCUT2D eigenvalue weighted by Gasteiger charge is -2.36. The van der Waals surface area contributed by atoms with E-state index in [2.05, 4.69) is 34.9 Å². The standard InChI is InChI=1S/C28H36FN3O2/c1-20-11-12-22(18-25(20)29)19-30-27(33)23-13-15-32(16-14-23)28(34)31-26-10-6-5-9-24(26)17-21-7-3-2-4-8-21/h2-4,7-8,11-12,18,23-24,26H,5-6,9-10,13-17,19H2,1H3,(H,30,33)(H,31,34). The first kappa shape index (κ1) is 24.2. The molecule has 2 aromatic rings. The first-order chi connectivity index (χ1) is 16.5. The van der Waals surface area contributed by atoms with E-state index in [1.165, 1.54) is 18.1 Å². The maximum absolute atomic E-state index is 13.7. The molecule has 1 heterocycles. The summed E-state index contributed by atoms with van der Waals surface area (Å²) in [5.41, 5.74) is 2.68. The number of hydrogen-bond acceptors (Lipinski definition) is 2. The first-order valence-electron chi connectivity index (χ1n) is 12.6. The second-order valence-electron chi connectivity index (χ2n) is 9.85. The van der Waals surface area contributed by atoms with Crippen molar-refractivity contribution in [2.75, 3.05) is 13.1 Å². The highest BCUT2D eigenvalue weighted by Crippen LogP contribution is 2.28. The minimum atomic E-state index is -0.255. The van der Waals surface area contributed by atoms with E-state index in [0.29, 0.717) is 44.0 Å². The Balaban J connectivity index is 1.23. The van der Waals surface area contributed by atoms with Crippen molar-refractivity contribution in [3.63, 3.8) is 0 Å². The van der Waals surface area contributed by atoms with E-state index >= 15 is 0 Å². The Morgan fingerprint density at radius 1 is 0.971 bits per heavy atom. The summed E-state index contributed by atoms with van der Waals surface area (Å²) in [5.74, 6) is 0.0844. The van der Waals surface area contributed by atoms with E-state index in [9.17, 15) is 14.0 Å². The van der Waals surface area contributed by atoms with Crippen molar-refractivity contribution in [1.29, 1.82) is 0 Å². The van der Waals surface area contributed by atoms with Gasteiger partial charge in [0.15, 0.2) is 0 Å². The number of carbonyl (C=O) groups is 2. The summed E-state index contributed by atoms with van der Waals surface area (Å²) in [6.45, 7) is 3.21. The quantitative estimate of drug-likeness (QED) is 0.633. The Morgan fingerprint density at radius 2 is 1.71 bits per heavy atom. The highest BCUT2D eigenvalue weighted by Gasteiger charge is 2.31. The van der Waals surface area contributed by atoms with E-state index in [1.807, 2.05) is 17.0 Å². The topological polar surface area (TPSA) is 61.4 Å². The molecule has 2 atom stereocenters. The van der Waals surface area contributed by atoms with Crippen molar-refractivity contribution in [3.8, 4) is 0 Å². The van der Waals surface area contributed by atoms with Gasteiger partial charge in [-0.2, -0.15) is 0 Å². The van der Waals surface area contributed by atoms with Crippen LogP contribution in [-0.2, 0) is 17.8 Å². The van der Waals surface area contributed by atoms with Gasteiger partial charge in [-0.25, -0.2) is 9.18 Å². The lowest BCUT2D eigenvalue weighted by molar-refractivity contribution is -0.126. The van der Waals surface area contributed by atoms with Gasteiger partial charge in [-0.15, -0.1) is 0 Å². The molecule has 0 radical (unpaired) electrons. The van der Waals surface area contributed by atoms with Gasteiger partial charge in [-0.1, -0.05) is 55.3 Å². The van der Waals surface area contributed by atoms with Crippen molar-refractivity contribution in [1.82, 2.24) is 15.5 Å². The number of carbonyl (C=O) groups excluding carboxylic acids is 2. The normalized spacial score (nSPS) is 21.2. The molecule has 2 aromatic carbocycles. The van der Waals surface area contributed by atoms with Gasteiger partial charge < -0.3 is 15.5 Å². The summed E-state index contributed by atoms with van der Waals surface area (Å²) >= 11 is 0. The van der Waals surface area contributed by atoms with Gasteiger partial charge in [0.1, 0.15) is 5.82 Å². The number of hydrogen-bond donors (Lipinski definition) is 2. The average Bonchev–Trinajstić information content (AvgIpc) is 2.86. The highest BCUT2D eigenvalue weighted by atomic mass is 19.1. The smallest absolute Gasteiger partial charge is 0.317 e. The lowest BCUT2D eigenvalue weighted by atomic mass is 9.80. The number of urea groups is 1. The van der Waals surface area contributed by atoms with Crippen molar-refractivity contribution in [2.24, 2.45) is 11.8 Å². The molecular weight excluding hydrogens is 429 g/mol. The second kappa shape index (κ2) is 11.5. The summed E-state index contributed by atoms with van der Waals surface area (Å²) in [4.78, 5) is 27.5. The fourth-order valence-electron chi connectivity index (χ4n) is 5.23. The molecule has 2 N–H and O–H groups in total. The Hall–Kier alpha value is -2.89. The number of piperidine rings is 1. The van der Waals surface area contributed by atoms with Gasteiger partial charge in [-0.3, -0.25) is 4.79 Å². The zero-order chi connectivity index (χ0) is 23.9. The number of likely N-dealkylation sites (tertiary alicyclic amines) is 1. The Kier molecular flexibility index (Phi) is 8.20. The molecule has 0 aromatic heterocycles. The zero-order valence-corrected chi connectivity index (χ0v) is 20.1. The monoisotopic (exact) mass is 465 g/mol. The molecular formula is C28H36FN3O2. The minimum Gasteiger partial charge on any atom is -0.352 e. The molecule has 1 saturated heterocycles. The van der Waals surface area contributed by atoms with Crippen LogP contribution in [0.1, 0.15) is 55.2 Å². The number of amides is 3. The first-order valence-corrected chi connectivity index (χ1v) is 12.6. The van der Waals surface area contributed by atoms with Crippen LogP contribution in [0.2, 0.25) is 0 Å². The van der Waals surface area contributed by atoms with Gasteiger partial charge in [0, 0.05) is 31.6 Å². The van der Waals surface area contributed by atoms with E-state index in [-0.39, 0.29) is 29.7 Å². The molecule has 0 bridgehead atoms. The molecule has 5 nitrogen and oxygen atoms in total. The van der Waals surface area contributed by atoms with Crippen LogP contribution in [0.4, 0.5) is 9.18 Å². The molecule has 182 valence electrons. The highest BCUT2D eigenvalue weighted by molar-refractivity contribution is 5.79. The molecule has 2 aliphatic rings. The van der Waals surface area contributed by atoms with Gasteiger partial charge in [0.05, 0.1) is 0 Å². The SMILES string of the molecule is Cc1ccc(CNC(=O)C2CCN(C(=O)NC3CCCCC3Cc3ccccc3)CC2)cc1F. The largest absolute Gasteiger partial charge is 0.352 e. The maximum atomic E-state index is 13.7. The van der Waals surface area contributed by atoms with E-state index in [1.54, 1.807) is 13.0 Å². The van der Waals surface area contributed by atoms with Crippen molar-refractivity contribution < 1.29 is 14.0 Å². The lowest BCUT2D eigenvalue weighted by Crippen LogP contribution is -2.51. The van der Waals surface area contributed by atoms with E-state index < -0.39 is 0 Å². The molecule has 2 unspecified atom stereocenters. The van der Waals surface area contributed by atoms with Crippen LogP contribution in [0.25, 0.3) is 0 Å². The summed E-state index contributed by atoms with van der Waals surface area (Å²) < 4.78 is 13.7. The van der Waals surface area contributed by atoms with Gasteiger partial charge >= 0.3 is 6.03 Å². The molecule has 6 heteroatoms. The molecule has 34 heavy (non-hydrogen) atoms. The number of nitrogens with one attached hydrogen (secondary N) is 2. The summed E-state index contributed by atoms with van der Waals surface area (Å²) in [7, 11) is 0. The number of rotatable bonds is 6. The maximum Gasteiger partial charge on any atom is 0.317 e. The zero-order valence-electron chi connectivity index (χ0n) is 20.1.